The lowest BCUT2D eigenvalue weighted by molar-refractivity contribution is -0.168. The lowest BCUT2D eigenvalue weighted by atomic mass is 9.79. The first-order valence-electron chi connectivity index (χ1n) is 4.27. The zero-order valence-electron chi connectivity index (χ0n) is 6.71. The summed E-state index contributed by atoms with van der Waals surface area (Å²) < 4.78 is 10.8. The van der Waals surface area contributed by atoms with E-state index in [1.54, 1.807) is 0 Å². The second kappa shape index (κ2) is 2.73. The van der Waals surface area contributed by atoms with Crippen LogP contribution in [0.15, 0.2) is 0 Å². The molecule has 2 fully saturated rings. The van der Waals surface area contributed by atoms with E-state index in [1.165, 1.54) is 12.8 Å². The normalized spacial score (nSPS) is 35.2. The van der Waals surface area contributed by atoms with E-state index in [4.69, 9.17) is 15.2 Å². The van der Waals surface area contributed by atoms with E-state index < -0.39 is 0 Å². The van der Waals surface area contributed by atoms with Crippen LogP contribution in [0.25, 0.3) is 0 Å². The largest absolute Gasteiger partial charge is 0.380 e. The average molecular weight is 157 g/mol. The Morgan fingerprint density at radius 1 is 1.45 bits per heavy atom. The lowest BCUT2D eigenvalue weighted by Gasteiger charge is -2.44. The molecule has 64 valence electrons. The summed E-state index contributed by atoms with van der Waals surface area (Å²) in [6, 6.07) is 0. The van der Waals surface area contributed by atoms with Crippen molar-refractivity contribution >= 4 is 0 Å². The highest BCUT2D eigenvalue weighted by atomic mass is 16.5. The van der Waals surface area contributed by atoms with Gasteiger partial charge in [0.2, 0.25) is 0 Å². The average Bonchev–Trinajstić information content (AvgIpc) is 2.39. The monoisotopic (exact) mass is 157 g/mol. The smallest absolute Gasteiger partial charge is 0.0688 e. The summed E-state index contributed by atoms with van der Waals surface area (Å²) in [6.07, 6.45) is 2.73. The first-order chi connectivity index (χ1) is 5.37. The van der Waals surface area contributed by atoms with Crippen molar-refractivity contribution in [2.45, 2.75) is 18.9 Å². The number of hydrogen-bond donors (Lipinski definition) is 1. The number of hydrogen-bond acceptors (Lipinski definition) is 3. The van der Waals surface area contributed by atoms with Crippen molar-refractivity contribution < 1.29 is 9.47 Å². The van der Waals surface area contributed by atoms with E-state index in [1.807, 2.05) is 0 Å². The van der Waals surface area contributed by atoms with Gasteiger partial charge in [0.25, 0.3) is 0 Å². The molecule has 2 saturated heterocycles. The Kier molecular flexibility index (Phi) is 1.87. The van der Waals surface area contributed by atoms with Crippen LogP contribution < -0.4 is 5.73 Å². The molecule has 0 aromatic carbocycles. The summed E-state index contributed by atoms with van der Waals surface area (Å²) in [5.74, 6) is 0. The summed E-state index contributed by atoms with van der Waals surface area (Å²) in [5, 5.41) is 0. The molecule has 0 radical (unpaired) electrons. The second-order valence-electron chi connectivity index (χ2n) is 3.56. The molecule has 1 atom stereocenters. The Bertz CT molecular complexity index is 134. The highest BCUT2D eigenvalue weighted by Gasteiger charge is 2.46. The van der Waals surface area contributed by atoms with Crippen molar-refractivity contribution in [2.75, 3.05) is 26.4 Å². The molecule has 2 aliphatic rings. The molecule has 11 heavy (non-hydrogen) atoms. The minimum absolute atomic E-state index is 0.177. The molecule has 0 amide bonds. The molecule has 3 nitrogen and oxygen atoms in total. The number of nitrogens with two attached hydrogens (primary N) is 1. The van der Waals surface area contributed by atoms with Crippen LogP contribution in [0.2, 0.25) is 0 Å². The topological polar surface area (TPSA) is 44.5 Å². The SMILES string of the molecule is NCC1(C2CCCO2)COC1. The first kappa shape index (κ1) is 7.53. The maximum atomic E-state index is 5.69. The Hall–Kier alpha value is -0.120. The third-order valence-corrected chi connectivity index (χ3v) is 2.80. The van der Waals surface area contributed by atoms with Crippen molar-refractivity contribution in [3.05, 3.63) is 0 Å². The van der Waals surface area contributed by atoms with E-state index >= 15 is 0 Å². The third kappa shape index (κ3) is 1.08. The van der Waals surface area contributed by atoms with Crippen LogP contribution >= 0.6 is 0 Å². The van der Waals surface area contributed by atoms with Crippen molar-refractivity contribution in [2.24, 2.45) is 11.1 Å². The van der Waals surface area contributed by atoms with Gasteiger partial charge in [-0.15, -0.1) is 0 Å². The fourth-order valence-corrected chi connectivity index (χ4v) is 1.86. The van der Waals surface area contributed by atoms with Gasteiger partial charge in [-0.3, -0.25) is 0 Å². The summed E-state index contributed by atoms with van der Waals surface area (Å²) in [5.41, 5.74) is 5.87. The Morgan fingerprint density at radius 2 is 2.27 bits per heavy atom. The highest BCUT2D eigenvalue weighted by molar-refractivity contribution is 4.95. The molecule has 2 heterocycles. The molecule has 0 aromatic rings. The minimum Gasteiger partial charge on any atom is -0.380 e. The second-order valence-corrected chi connectivity index (χ2v) is 3.56. The van der Waals surface area contributed by atoms with Crippen LogP contribution in [-0.2, 0) is 9.47 Å². The molecule has 0 bridgehead atoms. The van der Waals surface area contributed by atoms with Gasteiger partial charge in [-0.05, 0) is 12.8 Å². The van der Waals surface area contributed by atoms with E-state index in [0.29, 0.717) is 12.6 Å². The standard InChI is InChI=1S/C8H15NO2/c9-4-8(5-10-6-8)7-2-1-3-11-7/h7H,1-6,9H2. The van der Waals surface area contributed by atoms with Gasteiger partial charge in [-0.2, -0.15) is 0 Å². The molecule has 2 rings (SSSR count). The third-order valence-electron chi connectivity index (χ3n) is 2.80. The zero-order valence-corrected chi connectivity index (χ0v) is 6.71. The van der Waals surface area contributed by atoms with Crippen LogP contribution in [-0.4, -0.2) is 32.5 Å². The molecule has 2 N–H and O–H groups in total. The molecular formula is C8H15NO2. The molecule has 2 aliphatic heterocycles. The molecular weight excluding hydrogens is 142 g/mol. The molecule has 0 aromatic heterocycles. The van der Waals surface area contributed by atoms with Crippen molar-refractivity contribution in [3.63, 3.8) is 0 Å². The van der Waals surface area contributed by atoms with Gasteiger partial charge in [0, 0.05) is 13.2 Å². The van der Waals surface area contributed by atoms with Crippen LogP contribution in [0.1, 0.15) is 12.8 Å². The quantitative estimate of drug-likeness (QED) is 0.620. The van der Waals surface area contributed by atoms with E-state index in [-0.39, 0.29) is 5.41 Å². The van der Waals surface area contributed by atoms with Gasteiger partial charge in [0.15, 0.2) is 0 Å². The fourth-order valence-electron chi connectivity index (χ4n) is 1.86. The fraction of sp³-hybridized carbons (Fsp3) is 1.00. The summed E-state index contributed by atoms with van der Waals surface area (Å²) in [7, 11) is 0. The van der Waals surface area contributed by atoms with E-state index in [2.05, 4.69) is 0 Å². The van der Waals surface area contributed by atoms with Crippen LogP contribution in [0, 0.1) is 5.41 Å². The van der Waals surface area contributed by atoms with Gasteiger partial charge in [0.1, 0.15) is 0 Å². The van der Waals surface area contributed by atoms with Crippen molar-refractivity contribution in [1.82, 2.24) is 0 Å². The number of rotatable bonds is 2. The summed E-state index contributed by atoms with van der Waals surface area (Å²) in [4.78, 5) is 0. The van der Waals surface area contributed by atoms with Crippen molar-refractivity contribution in [3.8, 4) is 0 Å². The van der Waals surface area contributed by atoms with Crippen LogP contribution in [0.3, 0.4) is 0 Å². The van der Waals surface area contributed by atoms with Crippen LogP contribution in [0.4, 0.5) is 0 Å². The van der Waals surface area contributed by atoms with E-state index in [0.717, 1.165) is 19.8 Å². The first-order valence-corrected chi connectivity index (χ1v) is 4.27. The van der Waals surface area contributed by atoms with Gasteiger partial charge in [-0.25, -0.2) is 0 Å². The molecule has 0 aliphatic carbocycles. The summed E-state index contributed by atoms with van der Waals surface area (Å²) in [6.45, 7) is 3.21. The lowest BCUT2D eigenvalue weighted by Crippen LogP contribution is -2.55. The number of ether oxygens (including phenoxy) is 2. The summed E-state index contributed by atoms with van der Waals surface area (Å²) >= 11 is 0. The Labute approximate surface area is 66.8 Å². The van der Waals surface area contributed by atoms with Crippen molar-refractivity contribution in [1.29, 1.82) is 0 Å². The molecule has 3 heteroatoms. The Balaban J connectivity index is 1.99. The predicted molar refractivity (Wildman–Crippen MR) is 41.3 cm³/mol. The van der Waals surface area contributed by atoms with Gasteiger partial charge < -0.3 is 15.2 Å². The van der Waals surface area contributed by atoms with Gasteiger partial charge in [-0.1, -0.05) is 0 Å². The minimum atomic E-state index is 0.177. The zero-order chi connectivity index (χ0) is 7.73. The maximum absolute atomic E-state index is 5.69. The Morgan fingerprint density at radius 3 is 2.64 bits per heavy atom. The highest BCUT2D eigenvalue weighted by Crippen LogP contribution is 2.36. The van der Waals surface area contributed by atoms with Gasteiger partial charge in [0.05, 0.1) is 24.7 Å². The van der Waals surface area contributed by atoms with Gasteiger partial charge >= 0.3 is 0 Å². The van der Waals surface area contributed by atoms with Crippen LogP contribution in [0.5, 0.6) is 0 Å². The molecule has 0 spiro atoms. The maximum Gasteiger partial charge on any atom is 0.0688 e. The molecule has 1 unspecified atom stereocenters. The predicted octanol–water partition coefficient (Wildman–Crippen LogP) is 0.141. The molecule has 0 saturated carbocycles. The van der Waals surface area contributed by atoms with E-state index in [9.17, 15) is 0 Å².